The van der Waals surface area contributed by atoms with Crippen molar-refractivity contribution in [1.82, 2.24) is 5.32 Å². The van der Waals surface area contributed by atoms with E-state index in [1.165, 1.54) is 38.5 Å². The van der Waals surface area contributed by atoms with Gasteiger partial charge in [-0.3, -0.25) is 4.79 Å². The summed E-state index contributed by atoms with van der Waals surface area (Å²) >= 11 is 0. The van der Waals surface area contributed by atoms with Crippen molar-refractivity contribution in [2.75, 3.05) is 6.54 Å². The van der Waals surface area contributed by atoms with Gasteiger partial charge in [0.2, 0.25) is 5.91 Å². The summed E-state index contributed by atoms with van der Waals surface area (Å²) in [6.45, 7) is 4.76. The van der Waals surface area contributed by atoms with E-state index in [-0.39, 0.29) is 5.91 Å². The van der Waals surface area contributed by atoms with Crippen molar-refractivity contribution in [2.24, 2.45) is 0 Å². The van der Waals surface area contributed by atoms with Crippen LogP contribution in [0.2, 0.25) is 0 Å². The number of allylic oxidation sites excluding steroid dienone is 1. The summed E-state index contributed by atoms with van der Waals surface area (Å²) < 4.78 is 0. The Balaban J connectivity index is 0.000000368. The van der Waals surface area contributed by atoms with Gasteiger partial charge in [-0.25, -0.2) is 0 Å². The van der Waals surface area contributed by atoms with E-state index in [1.807, 2.05) is 13.0 Å². The molecule has 0 aromatic heterocycles. The van der Waals surface area contributed by atoms with E-state index >= 15 is 0 Å². The van der Waals surface area contributed by atoms with Gasteiger partial charge in [0.1, 0.15) is 0 Å². The molecular formula is C14H27NO. The van der Waals surface area contributed by atoms with Gasteiger partial charge in [0.15, 0.2) is 0 Å². The number of hydrogen-bond donors (Lipinski definition) is 1. The second-order valence-corrected chi connectivity index (χ2v) is 4.21. The highest BCUT2D eigenvalue weighted by molar-refractivity contribution is 5.87. The lowest BCUT2D eigenvalue weighted by atomic mass is 10.2. The van der Waals surface area contributed by atoms with Crippen LogP contribution in [0.4, 0.5) is 0 Å². The molecule has 1 saturated carbocycles. The molecule has 0 aliphatic heterocycles. The van der Waals surface area contributed by atoms with Crippen molar-refractivity contribution in [2.45, 2.75) is 65.2 Å². The Kier molecular flexibility index (Phi) is 11.7. The smallest absolute Gasteiger partial charge is 0.243 e. The van der Waals surface area contributed by atoms with Crippen molar-refractivity contribution >= 4 is 5.91 Å². The lowest BCUT2D eigenvalue weighted by Gasteiger charge is -1.93. The van der Waals surface area contributed by atoms with Gasteiger partial charge in [0.05, 0.1) is 0 Å². The number of nitrogens with one attached hydrogen (secondary N) is 1. The quantitative estimate of drug-likeness (QED) is 0.559. The van der Waals surface area contributed by atoms with Crippen molar-refractivity contribution < 1.29 is 4.79 Å². The fourth-order valence-electron chi connectivity index (χ4n) is 1.63. The fourth-order valence-corrected chi connectivity index (χ4v) is 1.63. The number of carbonyl (C=O) groups excluding carboxylic acids is 1. The van der Waals surface area contributed by atoms with Crippen molar-refractivity contribution in [3.63, 3.8) is 0 Å². The van der Waals surface area contributed by atoms with Crippen molar-refractivity contribution in [1.29, 1.82) is 0 Å². The lowest BCUT2D eigenvalue weighted by Crippen LogP contribution is -2.19. The van der Waals surface area contributed by atoms with E-state index in [1.54, 1.807) is 6.08 Å². The molecule has 16 heavy (non-hydrogen) atoms. The molecule has 0 aromatic rings. The van der Waals surface area contributed by atoms with Gasteiger partial charge >= 0.3 is 0 Å². The summed E-state index contributed by atoms with van der Waals surface area (Å²) in [4.78, 5) is 10.8. The highest BCUT2D eigenvalue weighted by Crippen LogP contribution is 2.15. The molecule has 0 spiro atoms. The normalized spacial score (nSPS) is 14.6. The number of unbranched alkanes of at least 4 members (excludes halogenated alkanes) is 2. The predicted molar refractivity (Wildman–Crippen MR) is 70.4 cm³/mol. The van der Waals surface area contributed by atoms with Crippen molar-refractivity contribution in [3.05, 3.63) is 12.2 Å². The molecule has 1 fully saturated rings. The standard InChI is InChI=1S/C9H17NO.C5H10/c1-3-5-6-7-8-9(11)10-4-2;1-2-4-5-3-1/h7-8H,3-6H2,1-2H3,(H,10,11);1-5H2. The minimum atomic E-state index is 0.0172. The van der Waals surface area contributed by atoms with E-state index in [4.69, 9.17) is 0 Å². The van der Waals surface area contributed by atoms with Gasteiger partial charge in [0.25, 0.3) is 0 Å². The van der Waals surface area contributed by atoms with Gasteiger partial charge < -0.3 is 5.32 Å². The van der Waals surface area contributed by atoms with Gasteiger partial charge in [-0.1, -0.05) is 57.9 Å². The summed E-state index contributed by atoms with van der Waals surface area (Å²) in [5.41, 5.74) is 0. The van der Waals surface area contributed by atoms with E-state index in [9.17, 15) is 4.79 Å². The number of likely N-dealkylation sites (N-methyl/N-ethyl adjacent to an activating group) is 1. The number of rotatable bonds is 5. The number of carbonyl (C=O) groups is 1. The summed E-state index contributed by atoms with van der Waals surface area (Å²) in [6, 6.07) is 0. The van der Waals surface area contributed by atoms with Crippen LogP contribution in [0, 0.1) is 0 Å². The zero-order chi connectivity index (χ0) is 12.1. The maximum atomic E-state index is 10.8. The number of hydrogen-bond acceptors (Lipinski definition) is 1. The molecule has 0 radical (unpaired) electrons. The fraction of sp³-hybridized carbons (Fsp3) is 0.786. The molecule has 0 bridgehead atoms. The first-order valence-electron chi connectivity index (χ1n) is 6.75. The van der Waals surface area contributed by atoms with E-state index in [2.05, 4.69) is 12.2 Å². The summed E-state index contributed by atoms with van der Waals surface area (Å²) in [7, 11) is 0. The first-order valence-corrected chi connectivity index (χ1v) is 6.75. The predicted octanol–water partition coefficient (Wildman–Crippen LogP) is 3.82. The van der Waals surface area contributed by atoms with Crippen LogP contribution in [0.15, 0.2) is 12.2 Å². The third-order valence-electron chi connectivity index (χ3n) is 2.59. The average molecular weight is 225 g/mol. The van der Waals surface area contributed by atoms with Gasteiger partial charge in [0, 0.05) is 6.54 Å². The molecule has 0 heterocycles. The average Bonchev–Trinajstić information content (AvgIpc) is 2.83. The molecule has 2 nitrogen and oxygen atoms in total. The highest BCUT2D eigenvalue weighted by atomic mass is 16.1. The SMILES string of the molecule is C1CCCC1.CCCCC=CC(=O)NCC. The second kappa shape index (κ2) is 12.3. The molecule has 0 aromatic carbocycles. The molecule has 94 valence electrons. The molecule has 1 rings (SSSR count). The molecule has 0 saturated heterocycles. The van der Waals surface area contributed by atoms with Crippen LogP contribution in [-0.4, -0.2) is 12.5 Å². The summed E-state index contributed by atoms with van der Waals surface area (Å²) in [5, 5.41) is 2.70. The molecule has 1 aliphatic carbocycles. The van der Waals surface area contributed by atoms with Crippen LogP contribution >= 0.6 is 0 Å². The molecule has 1 N–H and O–H groups in total. The van der Waals surface area contributed by atoms with Gasteiger partial charge in [-0.2, -0.15) is 0 Å². The molecule has 2 heteroatoms. The molecular weight excluding hydrogens is 198 g/mol. The lowest BCUT2D eigenvalue weighted by molar-refractivity contribution is -0.116. The zero-order valence-corrected chi connectivity index (χ0v) is 10.9. The Hall–Kier alpha value is -0.790. The summed E-state index contributed by atoms with van der Waals surface area (Å²) in [5.74, 6) is 0.0172. The third kappa shape index (κ3) is 11.3. The molecule has 0 atom stereocenters. The Labute approximate surface area is 101 Å². The topological polar surface area (TPSA) is 29.1 Å². The minimum absolute atomic E-state index is 0.0172. The Bertz CT molecular complexity index is 176. The van der Waals surface area contributed by atoms with E-state index in [0.29, 0.717) is 6.54 Å². The van der Waals surface area contributed by atoms with Crippen LogP contribution in [-0.2, 0) is 4.79 Å². The Morgan fingerprint density at radius 1 is 1.12 bits per heavy atom. The van der Waals surface area contributed by atoms with E-state index in [0.717, 1.165) is 12.8 Å². The highest BCUT2D eigenvalue weighted by Gasteiger charge is 1.95. The first kappa shape index (κ1) is 15.2. The molecule has 1 amide bonds. The van der Waals surface area contributed by atoms with Crippen LogP contribution in [0.1, 0.15) is 65.2 Å². The largest absolute Gasteiger partial charge is 0.353 e. The molecule has 1 aliphatic rings. The third-order valence-corrected chi connectivity index (χ3v) is 2.59. The minimum Gasteiger partial charge on any atom is -0.353 e. The Morgan fingerprint density at radius 2 is 1.69 bits per heavy atom. The van der Waals surface area contributed by atoms with E-state index < -0.39 is 0 Å². The maximum absolute atomic E-state index is 10.8. The van der Waals surface area contributed by atoms with Crippen LogP contribution in [0.25, 0.3) is 0 Å². The van der Waals surface area contributed by atoms with Gasteiger partial charge in [-0.15, -0.1) is 0 Å². The zero-order valence-electron chi connectivity index (χ0n) is 10.9. The maximum Gasteiger partial charge on any atom is 0.243 e. The van der Waals surface area contributed by atoms with Crippen LogP contribution in [0.3, 0.4) is 0 Å². The second-order valence-electron chi connectivity index (χ2n) is 4.21. The first-order chi connectivity index (χ1) is 7.81. The summed E-state index contributed by atoms with van der Waals surface area (Å²) in [6.07, 6.45) is 14.4. The van der Waals surface area contributed by atoms with Crippen molar-refractivity contribution in [3.8, 4) is 0 Å². The van der Waals surface area contributed by atoms with Gasteiger partial charge in [-0.05, 0) is 19.4 Å². The van der Waals surface area contributed by atoms with Crippen LogP contribution < -0.4 is 5.32 Å². The number of amides is 1. The Morgan fingerprint density at radius 3 is 2.12 bits per heavy atom. The van der Waals surface area contributed by atoms with Crippen LogP contribution in [0.5, 0.6) is 0 Å². The molecule has 0 unspecified atom stereocenters. The monoisotopic (exact) mass is 225 g/mol.